The maximum absolute atomic E-state index is 12.7. The zero-order chi connectivity index (χ0) is 24.0. The Bertz CT molecular complexity index is 1130. The first-order valence-corrected chi connectivity index (χ1v) is 12.7. The Labute approximate surface area is 197 Å². The van der Waals surface area contributed by atoms with Gasteiger partial charge in [0.25, 0.3) is 0 Å². The van der Waals surface area contributed by atoms with Crippen LogP contribution in [0.2, 0.25) is 0 Å². The van der Waals surface area contributed by atoms with Gasteiger partial charge >= 0.3 is 0 Å². The van der Waals surface area contributed by atoms with Crippen LogP contribution in [-0.4, -0.2) is 55.7 Å². The van der Waals surface area contributed by atoms with Crippen LogP contribution >= 0.6 is 11.8 Å². The number of nitrogens with one attached hydrogen (secondary N) is 1. The van der Waals surface area contributed by atoms with Gasteiger partial charge in [0.15, 0.2) is 5.17 Å². The van der Waals surface area contributed by atoms with Crippen molar-refractivity contribution in [3.63, 3.8) is 0 Å². The van der Waals surface area contributed by atoms with Crippen molar-refractivity contribution in [1.29, 1.82) is 0 Å². The van der Waals surface area contributed by atoms with Crippen molar-refractivity contribution in [3.05, 3.63) is 54.1 Å². The molecule has 3 N–H and O–H groups in total. The topological polar surface area (TPSA) is 131 Å². The third-order valence-corrected chi connectivity index (χ3v) is 7.13. The van der Waals surface area contributed by atoms with E-state index in [9.17, 15) is 18.0 Å². The number of thioether (sulfide) groups is 1. The van der Waals surface area contributed by atoms with E-state index in [0.29, 0.717) is 36.1 Å². The molecule has 1 atom stereocenters. The van der Waals surface area contributed by atoms with Crippen molar-refractivity contribution < 1.29 is 22.7 Å². The van der Waals surface area contributed by atoms with Gasteiger partial charge in [0.1, 0.15) is 5.75 Å². The SMILES string of the molecule is CCN1C(=O)C[C@H](C(=O)NCCc2ccc(S(N)(=O)=O)cc2)SC1=Nc1ccc(OC)cc1. The van der Waals surface area contributed by atoms with Gasteiger partial charge in [-0.05, 0) is 55.3 Å². The molecular weight excluding hydrogens is 464 g/mol. The Morgan fingerprint density at radius 3 is 2.45 bits per heavy atom. The summed E-state index contributed by atoms with van der Waals surface area (Å²) in [4.78, 5) is 31.5. The molecule has 1 aliphatic heterocycles. The summed E-state index contributed by atoms with van der Waals surface area (Å²) >= 11 is 1.26. The number of sulfonamides is 1. The normalized spacial score (nSPS) is 17.8. The highest BCUT2D eigenvalue weighted by molar-refractivity contribution is 8.15. The lowest BCUT2D eigenvalue weighted by Crippen LogP contribution is -2.46. The number of hydrogen-bond acceptors (Lipinski definition) is 7. The van der Waals surface area contributed by atoms with Crippen LogP contribution in [0.3, 0.4) is 0 Å². The second-order valence-electron chi connectivity index (χ2n) is 7.27. The fourth-order valence-electron chi connectivity index (χ4n) is 3.21. The van der Waals surface area contributed by atoms with Crippen LogP contribution in [0, 0.1) is 0 Å². The first-order valence-electron chi connectivity index (χ1n) is 10.3. The molecule has 0 saturated carbocycles. The molecule has 3 rings (SSSR count). The number of rotatable bonds is 8. The summed E-state index contributed by atoms with van der Waals surface area (Å²) in [6, 6.07) is 13.3. The first kappa shape index (κ1) is 24.7. The minimum Gasteiger partial charge on any atom is -0.497 e. The standard InChI is InChI=1S/C22H26N4O5S2/c1-3-26-20(27)14-19(32-22(26)25-16-6-8-17(31-2)9-7-16)21(28)24-13-12-15-4-10-18(11-5-15)33(23,29)30/h4-11,19H,3,12-14H2,1-2H3,(H,24,28)(H2,23,29,30)/t19-/m1/s1. The number of amides is 2. The van der Waals surface area contributed by atoms with Gasteiger partial charge in [-0.3, -0.25) is 14.5 Å². The Morgan fingerprint density at radius 1 is 1.21 bits per heavy atom. The van der Waals surface area contributed by atoms with Gasteiger partial charge in [0.2, 0.25) is 21.8 Å². The van der Waals surface area contributed by atoms with Crippen molar-refractivity contribution in [2.75, 3.05) is 20.2 Å². The van der Waals surface area contributed by atoms with Gasteiger partial charge in [0, 0.05) is 19.5 Å². The molecular formula is C22H26N4O5S2. The number of carbonyl (C=O) groups is 2. The van der Waals surface area contributed by atoms with Crippen molar-refractivity contribution in [2.24, 2.45) is 10.1 Å². The summed E-state index contributed by atoms with van der Waals surface area (Å²) in [5, 5.41) is 7.86. The zero-order valence-electron chi connectivity index (χ0n) is 18.4. The monoisotopic (exact) mass is 490 g/mol. The van der Waals surface area contributed by atoms with E-state index in [4.69, 9.17) is 9.88 Å². The first-order chi connectivity index (χ1) is 15.7. The van der Waals surface area contributed by atoms with Crippen molar-refractivity contribution >= 4 is 44.5 Å². The number of hydrogen-bond donors (Lipinski definition) is 2. The Hall–Kier alpha value is -2.89. The predicted octanol–water partition coefficient (Wildman–Crippen LogP) is 2.04. The maximum atomic E-state index is 12.7. The van der Waals surface area contributed by atoms with Crippen LogP contribution in [0.25, 0.3) is 0 Å². The fourth-order valence-corrected chi connectivity index (χ4v) is 4.91. The fraction of sp³-hybridized carbons (Fsp3) is 0.318. The van der Waals surface area contributed by atoms with Crippen LogP contribution in [0.4, 0.5) is 5.69 Å². The summed E-state index contributed by atoms with van der Waals surface area (Å²) in [6.07, 6.45) is 0.602. The van der Waals surface area contributed by atoms with E-state index in [1.807, 2.05) is 6.92 Å². The maximum Gasteiger partial charge on any atom is 0.238 e. The van der Waals surface area contributed by atoms with Gasteiger partial charge in [-0.2, -0.15) is 0 Å². The largest absolute Gasteiger partial charge is 0.497 e. The molecule has 0 bridgehead atoms. The molecule has 1 heterocycles. The predicted molar refractivity (Wildman–Crippen MR) is 128 cm³/mol. The van der Waals surface area contributed by atoms with Gasteiger partial charge in [-0.25, -0.2) is 18.5 Å². The van der Waals surface area contributed by atoms with Crippen LogP contribution < -0.4 is 15.2 Å². The average molecular weight is 491 g/mol. The Morgan fingerprint density at radius 2 is 1.88 bits per heavy atom. The summed E-state index contributed by atoms with van der Waals surface area (Å²) < 4.78 is 27.8. The molecule has 0 radical (unpaired) electrons. The molecule has 11 heteroatoms. The molecule has 33 heavy (non-hydrogen) atoms. The lowest BCUT2D eigenvalue weighted by molar-refractivity contribution is -0.130. The van der Waals surface area contributed by atoms with Crippen molar-refractivity contribution in [1.82, 2.24) is 10.2 Å². The van der Waals surface area contributed by atoms with Crippen molar-refractivity contribution in [2.45, 2.75) is 29.9 Å². The van der Waals surface area contributed by atoms with Crippen LogP contribution in [0.15, 0.2) is 58.4 Å². The molecule has 0 spiro atoms. The average Bonchev–Trinajstić information content (AvgIpc) is 2.79. The highest BCUT2D eigenvalue weighted by Gasteiger charge is 2.35. The van der Waals surface area contributed by atoms with E-state index in [0.717, 1.165) is 5.56 Å². The number of amidine groups is 1. The number of nitrogens with two attached hydrogens (primary N) is 1. The van der Waals surface area contributed by atoms with E-state index in [-0.39, 0.29) is 23.1 Å². The molecule has 2 amide bonds. The van der Waals surface area contributed by atoms with Crippen LogP contribution in [0.1, 0.15) is 18.9 Å². The number of primary sulfonamides is 1. The lowest BCUT2D eigenvalue weighted by Gasteiger charge is -2.30. The van der Waals surface area contributed by atoms with E-state index in [1.54, 1.807) is 48.4 Å². The summed E-state index contributed by atoms with van der Waals surface area (Å²) in [5.74, 6) is 0.310. The van der Waals surface area contributed by atoms with E-state index in [1.165, 1.54) is 23.9 Å². The zero-order valence-corrected chi connectivity index (χ0v) is 20.0. The van der Waals surface area contributed by atoms with Gasteiger partial charge in [0.05, 0.1) is 22.9 Å². The second-order valence-corrected chi connectivity index (χ2v) is 10.0. The number of methoxy groups -OCH3 is 1. The smallest absolute Gasteiger partial charge is 0.238 e. The van der Waals surface area contributed by atoms with E-state index in [2.05, 4.69) is 10.3 Å². The number of aliphatic imine (C=N–C) groups is 1. The van der Waals surface area contributed by atoms with Crippen LogP contribution in [0.5, 0.6) is 5.75 Å². The molecule has 0 aromatic heterocycles. The highest BCUT2D eigenvalue weighted by atomic mass is 32.2. The molecule has 0 aliphatic carbocycles. The third kappa shape index (κ3) is 6.56. The van der Waals surface area contributed by atoms with Crippen molar-refractivity contribution in [3.8, 4) is 5.75 Å². The minimum atomic E-state index is -3.74. The molecule has 2 aromatic rings. The second kappa shape index (κ2) is 10.8. The number of benzene rings is 2. The molecule has 1 fully saturated rings. The summed E-state index contributed by atoms with van der Waals surface area (Å²) in [5.41, 5.74) is 1.52. The number of nitrogens with zero attached hydrogens (tertiary/aromatic N) is 2. The quantitative estimate of drug-likeness (QED) is 0.582. The molecule has 176 valence electrons. The molecule has 0 unspecified atom stereocenters. The number of carbonyl (C=O) groups excluding carboxylic acids is 2. The Balaban J connectivity index is 1.62. The van der Waals surface area contributed by atoms with E-state index < -0.39 is 15.3 Å². The molecule has 2 aromatic carbocycles. The van der Waals surface area contributed by atoms with Crippen LogP contribution in [-0.2, 0) is 26.0 Å². The molecule has 1 saturated heterocycles. The summed E-state index contributed by atoms with van der Waals surface area (Å²) in [7, 11) is -2.16. The lowest BCUT2D eigenvalue weighted by atomic mass is 10.1. The highest BCUT2D eigenvalue weighted by Crippen LogP contribution is 2.29. The van der Waals surface area contributed by atoms with Gasteiger partial charge < -0.3 is 10.1 Å². The van der Waals surface area contributed by atoms with Gasteiger partial charge in [-0.15, -0.1) is 0 Å². The van der Waals surface area contributed by atoms with Gasteiger partial charge in [-0.1, -0.05) is 23.9 Å². The number of ether oxygens (including phenoxy) is 1. The third-order valence-electron chi connectivity index (χ3n) is 5.01. The van der Waals surface area contributed by atoms with E-state index >= 15 is 0 Å². The molecule has 9 nitrogen and oxygen atoms in total. The summed E-state index contributed by atoms with van der Waals surface area (Å²) in [6.45, 7) is 2.68. The molecule has 1 aliphatic rings. The Kier molecular flexibility index (Phi) is 8.11. The minimum absolute atomic E-state index is 0.0385.